The Morgan fingerprint density at radius 3 is 0.765 bits per heavy atom. The van der Waals surface area contributed by atoms with E-state index in [1.807, 2.05) is 72.8 Å². The molecular formula is C60H52O6P2. The Hall–Kier alpha value is -7.10. The van der Waals surface area contributed by atoms with E-state index in [0.29, 0.717) is 34.5 Å². The van der Waals surface area contributed by atoms with Crippen molar-refractivity contribution < 1.29 is 27.1 Å². The predicted octanol–water partition coefficient (Wildman–Crippen LogP) is 18.0. The largest absolute Gasteiger partial charge is 0.530 e. The molecule has 0 aliphatic rings. The van der Waals surface area contributed by atoms with Gasteiger partial charge in [0.25, 0.3) is 0 Å². The Morgan fingerprint density at radius 2 is 0.500 bits per heavy atom. The molecule has 6 nitrogen and oxygen atoms in total. The van der Waals surface area contributed by atoms with E-state index in [9.17, 15) is 0 Å². The van der Waals surface area contributed by atoms with Crippen LogP contribution in [0.15, 0.2) is 170 Å². The number of hydrogen-bond donors (Lipinski definition) is 0. The fourth-order valence-electron chi connectivity index (χ4n) is 9.14. The molecule has 10 aromatic carbocycles. The molecule has 0 saturated carbocycles. The molecule has 0 aliphatic carbocycles. The van der Waals surface area contributed by atoms with Gasteiger partial charge in [0.15, 0.2) is 0 Å². The average molecular weight is 931 g/mol. The summed E-state index contributed by atoms with van der Waals surface area (Å²) >= 11 is 0. The van der Waals surface area contributed by atoms with Crippen LogP contribution in [0.2, 0.25) is 0 Å². The zero-order valence-corrected chi connectivity index (χ0v) is 41.3. The topological polar surface area (TPSA) is 55.4 Å². The molecule has 0 bridgehead atoms. The summed E-state index contributed by atoms with van der Waals surface area (Å²) in [5.74, 6) is 3.91. The first-order valence-electron chi connectivity index (χ1n) is 22.8. The molecule has 0 spiro atoms. The molecule has 338 valence electrons. The van der Waals surface area contributed by atoms with Crippen molar-refractivity contribution in [3.63, 3.8) is 0 Å². The summed E-state index contributed by atoms with van der Waals surface area (Å²) in [6, 6.07) is 57.9. The van der Waals surface area contributed by atoms with E-state index in [1.165, 1.54) is 0 Å². The zero-order chi connectivity index (χ0) is 47.1. The van der Waals surface area contributed by atoms with Crippen molar-refractivity contribution in [3.05, 3.63) is 214 Å². The number of hydrogen-bond acceptors (Lipinski definition) is 6. The molecule has 0 N–H and O–H groups in total. The predicted molar refractivity (Wildman–Crippen MR) is 283 cm³/mol. The van der Waals surface area contributed by atoms with E-state index < -0.39 is 17.2 Å². The molecule has 0 unspecified atom stereocenters. The molecular weight excluding hydrogens is 879 g/mol. The van der Waals surface area contributed by atoms with E-state index in [0.717, 1.165) is 98.7 Å². The second-order valence-corrected chi connectivity index (χ2v) is 19.6. The van der Waals surface area contributed by atoms with Crippen LogP contribution in [0.1, 0.15) is 44.5 Å². The fourth-order valence-corrected chi connectivity index (χ4v) is 11.4. The second-order valence-electron chi connectivity index (χ2n) is 17.6. The summed E-state index contributed by atoms with van der Waals surface area (Å²) in [7, 11) is -4.24. The third-order valence-electron chi connectivity index (χ3n) is 12.6. The van der Waals surface area contributed by atoms with E-state index in [1.54, 1.807) is 0 Å². The maximum Gasteiger partial charge on any atom is 0.530 e. The van der Waals surface area contributed by atoms with Gasteiger partial charge in [-0.2, -0.15) is 0 Å². The zero-order valence-electron chi connectivity index (χ0n) is 39.5. The minimum Gasteiger partial charge on any atom is -0.408 e. The van der Waals surface area contributed by atoms with Crippen LogP contribution < -0.4 is 27.1 Å². The molecule has 0 atom stereocenters. The molecule has 0 heterocycles. The lowest BCUT2D eigenvalue weighted by Gasteiger charge is -2.25. The molecule has 0 amide bonds. The van der Waals surface area contributed by atoms with Crippen molar-refractivity contribution >= 4 is 60.3 Å². The first-order chi connectivity index (χ1) is 33.0. The van der Waals surface area contributed by atoms with Crippen LogP contribution in [0.5, 0.6) is 34.5 Å². The average Bonchev–Trinajstić information content (AvgIpc) is 3.34. The SMILES string of the molecule is Cc1cc(C)c(OP(Oc2ccc(C)c3ccccc23)Oc2ccc(C)c3ccccc23)c(-c2cc(C)cc(C)c2OP(Oc2ccc(C)c3ccccc23)Oc2ccc(C)c3ccccc23)c1. The lowest BCUT2D eigenvalue weighted by molar-refractivity contribution is 0.388. The number of rotatable bonds is 13. The van der Waals surface area contributed by atoms with Gasteiger partial charge in [0, 0.05) is 32.7 Å². The minimum atomic E-state index is -2.12. The van der Waals surface area contributed by atoms with Crippen molar-refractivity contribution in [1.29, 1.82) is 0 Å². The molecule has 68 heavy (non-hydrogen) atoms. The third kappa shape index (κ3) is 8.91. The Morgan fingerprint density at radius 1 is 0.250 bits per heavy atom. The molecule has 0 saturated heterocycles. The maximum absolute atomic E-state index is 7.21. The van der Waals surface area contributed by atoms with Gasteiger partial charge in [-0.15, -0.1) is 0 Å². The highest BCUT2D eigenvalue weighted by atomic mass is 31.2. The molecule has 0 aliphatic heterocycles. The van der Waals surface area contributed by atoms with Gasteiger partial charge < -0.3 is 27.1 Å². The van der Waals surface area contributed by atoms with Gasteiger partial charge in [0.2, 0.25) is 0 Å². The van der Waals surface area contributed by atoms with Crippen molar-refractivity contribution in [2.45, 2.75) is 55.4 Å². The van der Waals surface area contributed by atoms with Gasteiger partial charge in [-0.3, -0.25) is 0 Å². The van der Waals surface area contributed by atoms with Gasteiger partial charge in [0.1, 0.15) is 34.5 Å². The summed E-state index contributed by atoms with van der Waals surface area (Å²) in [5, 5.41) is 8.30. The number of fused-ring (bicyclic) bond motifs is 4. The molecule has 8 heteroatoms. The van der Waals surface area contributed by atoms with Crippen LogP contribution in [0, 0.1) is 55.4 Å². The molecule has 0 aromatic heterocycles. The maximum atomic E-state index is 7.21. The highest BCUT2D eigenvalue weighted by Crippen LogP contribution is 2.54. The van der Waals surface area contributed by atoms with Crippen molar-refractivity contribution in [1.82, 2.24) is 0 Å². The molecule has 10 aromatic rings. The summed E-state index contributed by atoms with van der Waals surface area (Å²) in [6.45, 7) is 16.8. The van der Waals surface area contributed by atoms with Crippen molar-refractivity contribution in [3.8, 4) is 45.6 Å². The first-order valence-corrected chi connectivity index (χ1v) is 25.0. The van der Waals surface area contributed by atoms with Gasteiger partial charge in [-0.1, -0.05) is 133 Å². The molecule has 0 fully saturated rings. The van der Waals surface area contributed by atoms with Crippen LogP contribution in [0.3, 0.4) is 0 Å². The molecule has 0 radical (unpaired) electrons. The standard InChI is InChI=1S/C60H52O6P2/c1-37-33-43(7)59(65-67(61-55-29-25-39(3)45-17-9-13-21-49(45)55)62-56-30-26-40(4)46-18-10-14-22-50(46)56)53(35-37)54-36-38(2)34-44(8)60(54)66-68(63-57-31-27-41(5)47-19-11-15-23-51(47)57)64-58-32-28-42(6)48-20-12-16-24-52(48)58/h9-36H,1-8H3. The van der Waals surface area contributed by atoms with Crippen LogP contribution >= 0.6 is 17.2 Å². The Kier molecular flexibility index (Phi) is 12.4. The van der Waals surface area contributed by atoms with Crippen LogP contribution in [-0.4, -0.2) is 0 Å². The number of aryl methyl sites for hydroxylation is 8. The highest BCUT2D eigenvalue weighted by molar-refractivity contribution is 7.43. The lowest BCUT2D eigenvalue weighted by atomic mass is 9.95. The van der Waals surface area contributed by atoms with E-state index >= 15 is 0 Å². The second kappa shape index (κ2) is 18.9. The third-order valence-corrected chi connectivity index (χ3v) is 14.6. The highest BCUT2D eigenvalue weighted by Gasteiger charge is 2.30. The summed E-state index contributed by atoms with van der Waals surface area (Å²) < 4.78 is 42.3. The smallest absolute Gasteiger partial charge is 0.408 e. The minimum absolute atomic E-state index is 0.615. The van der Waals surface area contributed by atoms with Gasteiger partial charge in [0.05, 0.1) is 0 Å². The van der Waals surface area contributed by atoms with Gasteiger partial charge in [-0.25, -0.2) is 0 Å². The summed E-state index contributed by atoms with van der Waals surface area (Å²) in [6.07, 6.45) is 0. The molecule has 10 rings (SSSR count). The van der Waals surface area contributed by atoms with Gasteiger partial charge >= 0.3 is 17.2 Å². The lowest BCUT2D eigenvalue weighted by Crippen LogP contribution is -2.07. The Bertz CT molecular complexity index is 3140. The fraction of sp³-hybridized carbons (Fsp3) is 0.133. The van der Waals surface area contributed by atoms with E-state index in [2.05, 4.69) is 152 Å². The van der Waals surface area contributed by atoms with Crippen LogP contribution in [-0.2, 0) is 0 Å². The van der Waals surface area contributed by atoms with Crippen LogP contribution in [0.4, 0.5) is 0 Å². The van der Waals surface area contributed by atoms with Crippen molar-refractivity contribution in [2.24, 2.45) is 0 Å². The van der Waals surface area contributed by atoms with Gasteiger partial charge in [-0.05, 0) is 158 Å². The summed E-state index contributed by atoms with van der Waals surface area (Å²) in [4.78, 5) is 0. The van der Waals surface area contributed by atoms with E-state index in [-0.39, 0.29) is 0 Å². The van der Waals surface area contributed by atoms with Crippen LogP contribution in [0.25, 0.3) is 54.2 Å². The quantitative estimate of drug-likeness (QED) is 0.107. The Labute approximate surface area is 401 Å². The van der Waals surface area contributed by atoms with Crippen molar-refractivity contribution in [2.75, 3.05) is 0 Å². The normalized spacial score (nSPS) is 11.5. The summed E-state index contributed by atoms with van der Waals surface area (Å²) in [5.41, 5.74) is 10.2. The first kappa shape index (κ1) is 44.7. The Balaban J connectivity index is 1.10. The van der Waals surface area contributed by atoms with E-state index in [4.69, 9.17) is 27.1 Å². The number of benzene rings is 10. The monoisotopic (exact) mass is 930 g/mol.